The maximum Gasteiger partial charge on any atom is 0.352 e. The van der Waals surface area contributed by atoms with E-state index in [4.69, 9.17) is 10.6 Å². The first-order valence-corrected chi connectivity index (χ1v) is 12.9. The SMILES string of the molecule is CO/N=C(\C(=O)N[C@@H]1C(=O)N2C(C(=O)O)=C(C[N+]3(C)CCCC3CCO)CS[C@@H]12)c1nsc(N)n1. The van der Waals surface area contributed by atoms with Crippen molar-refractivity contribution in [1.29, 1.82) is 0 Å². The smallest absolute Gasteiger partial charge is 0.352 e. The second-order valence-electron chi connectivity index (χ2n) is 8.87. The number of nitrogen functional groups attached to an aromatic ring is 1. The molecule has 0 aliphatic carbocycles. The van der Waals surface area contributed by atoms with Crippen LogP contribution in [0.5, 0.6) is 0 Å². The van der Waals surface area contributed by atoms with Crippen molar-refractivity contribution in [3.8, 4) is 0 Å². The van der Waals surface area contributed by atoms with Gasteiger partial charge in [0.15, 0.2) is 5.13 Å². The fraction of sp³-hybridized carbons (Fsp3) is 0.600. The molecule has 13 nitrogen and oxygen atoms in total. The van der Waals surface area contributed by atoms with Gasteiger partial charge in [-0.2, -0.15) is 9.36 Å². The van der Waals surface area contributed by atoms with Crippen LogP contribution in [0.25, 0.3) is 0 Å². The number of anilines is 1. The lowest BCUT2D eigenvalue weighted by Gasteiger charge is -2.50. The van der Waals surface area contributed by atoms with Gasteiger partial charge >= 0.3 is 5.97 Å². The summed E-state index contributed by atoms with van der Waals surface area (Å²) >= 11 is 2.29. The number of aliphatic carboxylic acids is 1. The predicted octanol–water partition coefficient (Wildman–Crippen LogP) is -0.799. The maximum absolute atomic E-state index is 13.0. The van der Waals surface area contributed by atoms with E-state index in [1.807, 2.05) is 0 Å². The molecule has 0 radical (unpaired) electrons. The fourth-order valence-corrected chi connectivity index (χ4v) is 6.82. The number of nitrogens with zero attached hydrogens (tertiary/aromatic N) is 5. The Morgan fingerprint density at radius 3 is 2.83 bits per heavy atom. The van der Waals surface area contributed by atoms with Gasteiger partial charge in [-0.15, -0.1) is 11.8 Å². The number of carbonyl (C=O) groups excluding carboxylic acids is 2. The van der Waals surface area contributed by atoms with Crippen LogP contribution in [0.4, 0.5) is 5.13 Å². The molecule has 2 unspecified atom stereocenters. The molecule has 3 aliphatic heterocycles. The van der Waals surface area contributed by atoms with E-state index in [9.17, 15) is 24.6 Å². The van der Waals surface area contributed by atoms with E-state index in [1.165, 1.54) is 23.8 Å². The lowest BCUT2D eigenvalue weighted by molar-refractivity contribution is -0.917. The van der Waals surface area contributed by atoms with Crippen molar-refractivity contribution >= 4 is 51.9 Å². The van der Waals surface area contributed by atoms with Gasteiger partial charge in [-0.05, 0) is 0 Å². The van der Waals surface area contributed by atoms with Crippen molar-refractivity contribution in [3.05, 3.63) is 17.1 Å². The monoisotopic (exact) mass is 526 g/mol. The standard InChI is InChI=1S/C20H27N7O6S2/c1-27(6-3-4-11(27)5-7-28)8-10-9-34-18-13(17(30)26(18)14(10)19(31)32)22-16(29)12(24-33-2)15-23-20(21)35-25-15/h11,13,18,28H,3-9H2,1-2H3,(H3-,21,22,23,25,29,31,32)/p+1/b24-12-/t11?,13-,18+,27?/m1/s1. The number of aliphatic hydroxyl groups excluding tert-OH is 1. The number of hydrogen-bond acceptors (Lipinski definition) is 11. The summed E-state index contributed by atoms with van der Waals surface area (Å²) in [5, 5.41) is 25.3. The number of fused-ring (bicyclic) bond motifs is 1. The van der Waals surface area contributed by atoms with Crippen molar-refractivity contribution in [2.45, 2.75) is 36.7 Å². The second-order valence-corrected chi connectivity index (χ2v) is 10.8. The molecule has 3 aliphatic rings. The summed E-state index contributed by atoms with van der Waals surface area (Å²) in [5.74, 6) is -2.01. The van der Waals surface area contributed by atoms with Crippen molar-refractivity contribution in [2.24, 2.45) is 5.16 Å². The zero-order valence-electron chi connectivity index (χ0n) is 19.3. The molecule has 0 bridgehead atoms. The minimum atomic E-state index is -1.17. The van der Waals surface area contributed by atoms with Crippen LogP contribution in [0, 0.1) is 0 Å². The molecule has 5 N–H and O–H groups in total. The number of thioether (sulfide) groups is 1. The van der Waals surface area contributed by atoms with E-state index in [0.717, 1.165) is 30.9 Å². The van der Waals surface area contributed by atoms with Crippen molar-refractivity contribution in [1.82, 2.24) is 19.6 Å². The lowest BCUT2D eigenvalue weighted by Crippen LogP contribution is -2.71. The number of likely N-dealkylation sites (tertiary alicyclic amines) is 1. The van der Waals surface area contributed by atoms with Crippen molar-refractivity contribution in [2.75, 3.05) is 45.3 Å². The Balaban J connectivity index is 1.52. The molecule has 4 heterocycles. The first-order chi connectivity index (χ1) is 16.7. The number of amides is 2. The number of carbonyl (C=O) groups is 3. The number of nitrogens with two attached hydrogens (primary N) is 1. The summed E-state index contributed by atoms with van der Waals surface area (Å²) < 4.78 is 4.60. The highest BCUT2D eigenvalue weighted by Gasteiger charge is 2.55. The minimum absolute atomic E-state index is 0.0158. The molecule has 1 aromatic heterocycles. The number of nitrogens with one attached hydrogen (secondary N) is 1. The van der Waals surface area contributed by atoms with Gasteiger partial charge in [-0.3, -0.25) is 14.5 Å². The second kappa shape index (κ2) is 10.1. The Labute approximate surface area is 209 Å². The molecule has 190 valence electrons. The molecule has 2 fully saturated rings. The first kappa shape index (κ1) is 25.3. The Morgan fingerprint density at radius 1 is 1.43 bits per heavy atom. The van der Waals surface area contributed by atoms with Crippen LogP contribution in [0.3, 0.4) is 0 Å². The van der Waals surface area contributed by atoms with Gasteiger partial charge in [0.25, 0.3) is 11.8 Å². The van der Waals surface area contributed by atoms with E-state index >= 15 is 0 Å². The summed E-state index contributed by atoms with van der Waals surface area (Å²) in [6.07, 6.45) is 2.64. The minimum Gasteiger partial charge on any atom is -0.477 e. The fourth-order valence-electron chi connectivity index (χ4n) is 5.05. The molecule has 1 aromatic rings. The third kappa shape index (κ3) is 4.72. The average Bonchev–Trinajstić information content (AvgIpc) is 3.40. The van der Waals surface area contributed by atoms with Crippen LogP contribution in [0.1, 0.15) is 25.1 Å². The topological polar surface area (TPSA) is 180 Å². The van der Waals surface area contributed by atoms with Crippen molar-refractivity contribution in [3.63, 3.8) is 0 Å². The highest BCUT2D eigenvalue weighted by Crippen LogP contribution is 2.42. The van der Waals surface area contributed by atoms with Gasteiger partial charge in [0.1, 0.15) is 30.8 Å². The zero-order chi connectivity index (χ0) is 25.3. The van der Waals surface area contributed by atoms with Crippen LogP contribution in [-0.2, 0) is 19.2 Å². The molecular formula is C20H28N7O6S2+. The number of β-lactam (4-membered cyclic amide) rings is 1. The average molecular weight is 527 g/mol. The molecule has 2 saturated heterocycles. The van der Waals surface area contributed by atoms with E-state index in [1.54, 1.807) is 0 Å². The van der Waals surface area contributed by atoms with Gasteiger partial charge in [0, 0.05) is 48.7 Å². The largest absolute Gasteiger partial charge is 0.477 e. The molecule has 0 aromatic carbocycles. The number of quaternary nitrogens is 1. The molecule has 15 heteroatoms. The Hall–Kier alpha value is -2.75. The summed E-state index contributed by atoms with van der Waals surface area (Å²) in [7, 11) is 3.34. The van der Waals surface area contributed by atoms with E-state index in [2.05, 4.69) is 26.9 Å². The summed E-state index contributed by atoms with van der Waals surface area (Å²) in [6.45, 7) is 1.47. The van der Waals surface area contributed by atoms with Crippen molar-refractivity contribution < 1.29 is 33.9 Å². The number of likely N-dealkylation sites (N-methyl/N-ethyl adjacent to an activating group) is 1. The van der Waals surface area contributed by atoms with Crippen LogP contribution in [0.15, 0.2) is 16.4 Å². The number of carboxylic acids is 1. The van der Waals surface area contributed by atoms with Gasteiger partial charge < -0.3 is 30.6 Å². The zero-order valence-corrected chi connectivity index (χ0v) is 21.0. The molecule has 2 amide bonds. The lowest BCUT2D eigenvalue weighted by atomic mass is 10.0. The van der Waals surface area contributed by atoms with Gasteiger partial charge in [-0.1, -0.05) is 5.16 Å². The molecule has 0 saturated carbocycles. The summed E-state index contributed by atoms with van der Waals surface area (Å²) in [4.78, 5) is 48.0. The maximum atomic E-state index is 13.0. The highest BCUT2D eigenvalue weighted by atomic mass is 32.2. The Bertz CT molecular complexity index is 1090. The molecular weight excluding hydrogens is 498 g/mol. The molecule has 4 atom stereocenters. The number of hydrogen-bond donors (Lipinski definition) is 4. The van der Waals surface area contributed by atoms with Crippen LogP contribution >= 0.6 is 23.3 Å². The van der Waals surface area contributed by atoms with Crippen LogP contribution < -0.4 is 11.1 Å². The third-order valence-corrected chi connectivity index (χ3v) is 8.57. The van der Waals surface area contributed by atoms with E-state index < -0.39 is 29.2 Å². The number of aliphatic hydroxyl groups is 1. The quantitative estimate of drug-likeness (QED) is 0.138. The van der Waals surface area contributed by atoms with E-state index in [-0.39, 0.29) is 35.0 Å². The van der Waals surface area contributed by atoms with Gasteiger partial charge in [0.05, 0.1) is 19.6 Å². The van der Waals surface area contributed by atoms with Gasteiger partial charge in [0.2, 0.25) is 11.5 Å². The molecule has 0 spiro atoms. The number of oxime groups is 1. The predicted molar refractivity (Wildman–Crippen MR) is 128 cm³/mol. The normalized spacial score (nSPS) is 28.5. The number of aromatic nitrogens is 2. The molecule has 4 rings (SSSR count). The van der Waals surface area contributed by atoms with E-state index in [0.29, 0.717) is 28.8 Å². The Kier molecular flexibility index (Phi) is 7.30. The molecule has 35 heavy (non-hydrogen) atoms. The van der Waals surface area contributed by atoms with Gasteiger partial charge in [-0.25, -0.2) is 4.79 Å². The number of rotatable bonds is 9. The van der Waals surface area contributed by atoms with Crippen LogP contribution in [0.2, 0.25) is 0 Å². The number of carboxylic acid groups (broad SMARTS) is 1. The Morgan fingerprint density at radius 2 is 2.20 bits per heavy atom. The summed E-state index contributed by atoms with van der Waals surface area (Å²) in [5.41, 5.74) is 6.03. The van der Waals surface area contributed by atoms with Crippen LogP contribution in [-0.4, -0.2) is 110 Å². The first-order valence-electron chi connectivity index (χ1n) is 11.1. The third-order valence-electron chi connectivity index (χ3n) is 6.69. The highest BCUT2D eigenvalue weighted by molar-refractivity contribution is 8.00. The summed E-state index contributed by atoms with van der Waals surface area (Å²) in [6, 6.07) is -0.684.